The summed E-state index contributed by atoms with van der Waals surface area (Å²) in [7, 11) is 1.33. The minimum absolute atomic E-state index is 0.188. The Morgan fingerprint density at radius 2 is 1.90 bits per heavy atom. The summed E-state index contributed by atoms with van der Waals surface area (Å²) >= 11 is 0. The van der Waals surface area contributed by atoms with E-state index in [1.807, 2.05) is 0 Å². The fourth-order valence-corrected chi connectivity index (χ4v) is 3.23. The predicted molar refractivity (Wildman–Crippen MR) is 70.0 cm³/mol. The lowest BCUT2D eigenvalue weighted by atomic mass is 9.87. The van der Waals surface area contributed by atoms with Crippen LogP contribution in [-0.2, 0) is 19.1 Å². The van der Waals surface area contributed by atoms with Crippen LogP contribution in [0.15, 0.2) is 0 Å². The molecular weight excluding hydrogens is 262 g/mol. The Morgan fingerprint density at radius 1 is 1.25 bits per heavy atom. The number of nitrogens with zero attached hydrogens (tertiary/aromatic N) is 1. The van der Waals surface area contributed by atoms with Gasteiger partial charge >= 0.3 is 12.1 Å². The van der Waals surface area contributed by atoms with Crippen LogP contribution in [0.2, 0.25) is 0 Å². The van der Waals surface area contributed by atoms with Gasteiger partial charge in [0.25, 0.3) is 0 Å². The third-order valence-electron chi connectivity index (χ3n) is 4.13. The zero-order valence-electron chi connectivity index (χ0n) is 12.4. The van der Waals surface area contributed by atoms with Crippen LogP contribution in [0.4, 0.5) is 4.79 Å². The van der Waals surface area contributed by atoms with Crippen molar-refractivity contribution >= 4 is 18.3 Å². The van der Waals surface area contributed by atoms with E-state index in [0.29, 0.717) is 19.3 Å². The maximum atomic E-state index is 12.3. The summed E-state index contributed by atoms with van der Waals surface area (Å²) in [6, 6.07) is 0. The van der Waals surface area contributed by atoms with Crippen LogP contribution in [0.25, 0.3) is 0 Å². The normalized spacial score (nSPS) is 32.1. The lowest BCUT2D eigenvalue weighted by molar-refractivity contribution is -0.152. The predicted octanol–water partition coefficient (Wildman–Crippen LogP) is 1.52. The molecule has 0 aromatic heterocycles. The van der Waals surface area contributed by atoms with Crippen molar-refractivity contribution in [1.29, 1.82) is 0 Å². The van der Waals surface area contributed by atoms with E-state index in [0.717, 1.165) is 6.29 Å². The largest absolute Gasteiger partial charge is 0.469 e. The molecule has 1 heterocycles. The zero-order valence-corrected chi connectivity index (χ0v) is 12.4. The first-order valence-corrected chi connectivity index (χ1v) is 6.73. The number of ether oxygens (including phenoxy) is 2. The number of likely N-dealkylation sites (tertiary alicyclic amines) is 1. The Kier molecular flexibility index (Phi) is 3.31. The average molecular weight is 283 g/mol. The number of carbonyl (C=O) groups is 3. The summed E-state index contributed by atoms with van der Waals surface area (Å²) in [6.07, 6.45) is 1.60. The summed E-state index contributed by atoms with van der Waals surface area (Å²) in [4.78, 5) is 37.2. The molecule has 6 nitrogen and oxygen atoms in total. The SMILES string of the molecule is COC(=O)C12CCC(C=O)(C1)N(C(=O)OC(C)(C)C)C2. The first-order chi connectivity index (χ1) is 9.18. The van der Waals surface area contributed by atoms with Crippen LogP contribution in [0.1, 0.15) is 40.0 Å². The van der Waals surface area contributed by atoms with Crippen molar-refractivity contribution in [3.8, 4) is 0 Å². The van der Waals surface area contributed by atoms with Crippen LogP contribution in [0.3, 0.4) is 0 Å². The number of hydrogen-bond donors (Lipinski definition) is 0. The van der Waals surface area contributed by atoms with Gasteiger partial charge in [-0.1, -0.05) is 0 Å². The third kappa shape index (κ3) is 2.17. The van der Waals surface area contributed by atoms with E-state index in [4.69, 9.17) is 9.47 Å². The minimum atomic E-state index is -0.920. The molecule has 2 rings (SSSR count). The van der Waals surface area contributed by atoms with Crippen molar-refractivity contribution in [2.45, 2.75) is 51.2 Å². The molecule has 0 aromatic carbocycles. The van der Waals surface area contributed by atoms with E-state index in [2.05, 4.69) is 0 Å². The summed E-state index contributed by atoms with van der Waals surface area (Å²) < 4.78 is 10.2. The molecule has 0 radical (unpaired) electrons. The molecule has 2 fully saturated rings. The molecule has 2 bridgehead atoms. The van der Waals surface area contributed by atoms with Crippen molar-refractivity contribution in [3.63, 3.8) is 0 Å². The van der Waals surface area contributed by atoms with Gasteiger partial charge in [-0.25, -0.2) is 4.79 Å². The highest BCUT2D eigenvalue weighted by atomic mass is 16.6. The second-order valence-electron chi connectivity index (χ2n) is 6.74. The van der Waals surface area contributed by atoms with Crippen molar-refractivity contribution in [3.05, 3.63) is 0 Å². The first kappa shape index (κ1) is 14.8. The molecule has 1 saturated heterocycles. The van der Waals surface area contributed by atoms with Crippen LogP contribution in [0.5, 0.6) is 0 Å². The van der Waals surface area contributed by atoms with Crippen molar-refractivity contribution in [2.75, 3.05) is 13.7 Å². The molecule has 0 aromatic rings. The first-order valence-electron chi connectivity index (χ1n) is 6.73. The highest BCUT2D eigenvalue weighted by Crippen LogP contribution is 2.54. The second-order valence-corrected chi connectivity index (χ2v) is 6.74. The van der Waals surface area contributed by atoms with Crippen molar-refractivity contribution < 1.29 is 23.9 Å². The molecule has 1 aliphatic heterocycles. The van der Waals surface area contributed by atoms with Crippen molar-refractivity contribution in [1.82, 2.24) is 4.90 Å². The fraction of sp³-hybridized carbons (Fsp3) is 0.786. The van der Waals surface area contributed by atoms with Crippen LogP contribution < -0.4 is 0 Å². The molecule has 2 unspecified atom stereocenters. The van der Waals surface area contributed by atoms with Gasteiger partial charge in [-0.15, -0.1) is 0 Å². The number of hydrogen-bond acceptors (Lipinski definition) is 5. The average Bonchev–Trinajstić information content (AvgIpc) is 2.91. The third-order valence-corrected chi connectivity index (χ3v) is 4.13. The monoisotopic (exact) mass is 283 g/mol. The molecule has 112 valence electrons. The topological polar surface area (TPSA) is 72.9 Å². The number of fused-ring (bicyclic) bond motifs is 2. The molecule has 6 heteroatoms. The summed E-state index contributed by atoms with van der Waals surface area (Å²) in [5.74, 6) is -0.354. The smallest absolute Gasteiger partial charge is 0.411 e. The van der Waals surface area contributed by atoms with Crippen LogP contribution in [0, 0.1) is 5.41 Å². The molecule has 20 heavy (non-hydrogen) atoms. The summed E-state index contributed by atoms with van der Waals surface area (Å²) in [6.45, 7) is 5.49. The Hall–Kier alpha value is -1.59. The maximum Gasteiger partial charge on any atom is 0.411 e. The van der Waals surface area contributed by atoms with Crippen molar-refractivity contribution in [2.24, 2.45) is 5.41 Å². The number of methoxy groups -OCH3 is 1. The highest BCUT2D eigenvalue weighted by molar-refractivity contribution is 5.86. The molecule has 1 aliphatic carbocycles. The Morgan fingerprint density at radius 3 is 2.40 bits per heavy atom. The molecule has 2 aliphatic rings. The number of esters is 1. The van der Waals surface area contributed by atoms with E-state index >= 15 is 0 Å². The zero-order chi connectivity index (χ0) is 15.2. The van der Waals surface area contributed by atoms with Gasteiger partial charge < -0.3 is 14.3 Å². The molecular formula is C14H21NO5. The molecule has 2 atom stereocenters. The standard InChI is InChI=1S/C14H21NO5/c1-12(2,3)20-11(18)15-8-13(10(17)19-4)5-6-14(15,7-13)9-16/h9H,5-8H2,1-4H3. The van der Waals surface area contributed by atoms with Gasteiger partial charge in [0.15, 0.2) is 0 Å². The molecule has 0 N–H and O–H groups in total. The maximum absolute atomic E-state index is 12.3. The highest BCUT2D eigenvalue weighted by Gasteiger charge is 2.65. The van der Waals surface area contributed by atoms with Gasteiger partial charge in [0.1, 0.15) is 17.4 Å². The number of aldehydes is 1. The summed E-state index contributed by atoms with van der Waals surface area (Å²) in [5.41, 5.74) is -2.31. The number of amides is 1. The summed E-state index contributed by atoms with van der Waals surface area (Å²) in [5, 5.41) is 0. The van der Waals surface area contributed by atoms with Gasteiger partial charge in [-0.05, 0) is 40.0 Å². The lowest BCUT2D eigenvalue weighted by Crippen LogP contribution is -2.52. The number of carbonyl (C=O) groups excluding carboxylic acids is 3. The van der Waals surface area contributed by atoms with Gasteiger partial charge in [-0.3, -0.25) is 9.69 Å². The number of rotatable bonds is 2. The minimum Gasteiger partial charge on any atom is -0.469 e. The van der Waals surface area contributed by atoms with E-state index in [9.17, 15) is 14.4 Å². The van der Waals surface area contributed by atoms with E-state index in [1.165, 1.54) is 12.0 Å². The quantitative estimate of drug-likeness (QED) is 0.567. The van der Waals surface area contributed by atoms with Crippen LogP contribution >= 0.6 is 0 Å². The Balaban J connectivity index is 2.26. The van der Waals surface area contributed by atoms with E-state index in [-0.39, 0.29) is 12.5 Å². The van der Waals surface area contributed by atoms with Gasteiger partial charge in [0, 0.05) is 6.54 Å². The second kappa shape index (κ2) is 4.46. The Bertz CT molecular complexity index is 455. The van der Waals surface area contributed by atoms with Crippen LogP contribution in [-0.4, -0.2) is 48.0 Å². The van der Waals surface area contributed by atoms with Gasteiger partial charge in [0.2, 0.25) is 0 Å². The van der Waals surface area contributed by atoms with Gasteiger partial charge in [0.05, 0.1) is 12.5 Å². The molecule has 1 saturated carbocycles. The molecule has 0 spiro atoms. The van der Waals surface area contributed by atoms with Gasteiger partial charge in [-0.2, -0.15) is 0 Å². The number of piperidine rings is 1. The Labute approximate surface area is 118 Å². The molecule has 1 amide bonds. The van der Waals surface area contributed by atoms with E-state index < -0.39 is 22.6 Å². The lowest BCUT2D eigenvalue weighted by Gasteiger charge is -2.36. The van der Waals surface area contributed by atoms with E-state index in [1.54, 1.807) is 20.8 Å². The fourth-order valence-electron chi connectivity index (χ4n) is 3.23.